The van der Waals surface area contributed by atoms with Gasteiger partial charge in [-0.25, -0.2) is 0 Å². The molecule has 0 bridgehead atoms. The Labute approximate surface area is 115 Å². The van der Waals surface area contributed by atoms with Crippen molar-refractivity contribution in [2.75, 3.05) is 12.8 Å². The van der Waals surface area contributed by atoms with Crippen molar-refractivity contribution in [3.8, 4) is 0 Å². The van der Waals surface area contributed by atoms with Crippen LogP contribution in [0.5, 0.6) is 0 Å². The van der Waals surface area contributed by atoms with Gasteiger partial charge in [0.2, 0.25) is 0 Å². The van der Waals surface area contributed by atoms with E-state index in [1.807, 2.05) is 12.3 Å². The van der Waals surface area contributed by atoms with Crippen LogP contribution in [-0.2, 0) is 11.2 Å². The third-order valence-corrected chi connectivity index (χ3v) is 4.58. The van der Waals surface area contributed by atoms with Gasteiger partial charge in [-0.2, -0.15) is 0 Å². The van der Waals surface area contributed by atoms with E-state index in [1.165, 1.54) is 12.8 Å². The molecule has 1 fully saturated rings. The number of methoxy groups -OCH3 is 1. The molecule has 1 unspecified atom stereocenters. The summed E-state index contributed by atoms with van der Waals surface area (Å²) in [6, 6.07) is 1.79. The Morgan fingerprint density at radius 2 is 2.16 bits per heavy atom. The quantitative estimate of drug-likeness (QED) is 0.872. The maximum atomic E-state index is 6.43. The van der Waals surface area contributed by atoms with Crippen LogP contribution < -0.4 is 11.5 Å². The number of anilines is 1. The summed E-state index contributed by atoms with van der Waals surface area (Å²) in [5, 5.41) is 0. The first-order valence-corrected chi connectivity index (χ1v) is 7.06. The Hall–Kier alpha value is -1.13. The first-order chi connectivity index (χ1) is 9.07. The second kappa shape index (κ2) is 5.88. The first kappa shape index (κ1) is 14.3. The molecule has 1 aliphatic carbocycles. The van der Waals surface area contributed by atoms with Crippen LogP contribution in [0.25, 0.3) is 0 Å². The molecule has 4 heteroatoms. The van der Waals surface area contributed by atoms with Crippen LogP contribution in [0.1, 0.15) is 38.2 Å². The van der Waals surface area contributed by atoms with Crippen molar-refractivity contribution in [1.82, 2.24) is 4.98 Å². The Morgan fingerprint density at radius 1 is 1.47 bits per heavy atom. The molecular formula is C15H25N3O. The highest BCUT2D eigenvalue weighted by Crippen LogP contribution is 2.37. The normalized spacial score (nSPS) is 29.1. The predicted molar refractivity (Wildman–Crippen MR) is 77.7 cm³/mol. The minimum atomic E-state index is -0.200. The number of rotatable bonds is 4. The lowest BCUT2D eigenvalue weighted by atomic mass is 9.74. The lowest BCUT2D eigenvalue weighted by Crippen LogP contribution is -2.52. The molecule has 4 N–H and O–H groups in total. The molecule has 1 saturated carbocycles. The molecule has 1 aromatic rings. The lowest BCUT2D eigenvalue weighted by Gasteiger charge is -2.42. The van der Waals surface area contributed by atoms with Gasteiger partial charge in [0.25, 0.3) is 0 Å². The summed E-state index contributed by atoms with van der Waals surface area (Å²) in [7, 11) is 1.78. The summed E-state index contributed by atoms with van der Waals surface area (Å²) < 4.78 is 5.81. The molecule has 0 aromatic carbocycles. The van der Waals surface area contributed by atoms with E-state index in [2.05, 4.69) is 11.9 Å². The summed E-state index contributed by atoms with van der Waals surface area (Å²) >= 11 is 0. The molecule has 4 nitrogen and oxygen atoms in total. The van der Waals surface area contributed by atoms with Gasteiger partial charge in [0.15, 0.2) is 0 Å². The van der Waals surface area contributed by atoms with Crippen LogP contribution in [0.3, 0.4) is 0 Å². The van der Waals surface area contributed by atoms with E-state index in [0.29, 0.717) is 0 Å². The van der Waals surface area contributed by atoms with Crippen molar-refractivity contribution in [3.05, 3.63) is 24.0 Å². The number of nitrogen functional groups attached to an aromatic ring is 1. The molecule has 1 atom stereocenters. The van der Waals surface area contributed by atoms with E-state index in [1.54, 1.807) is 13.3 Å². The SMILES string of the molecule is COC1(C(N)Cc2cnccc2N)CCC(C)CC1. The number of pyridine rings is 1. The van der Waals surface area contributed by atoms with E-state index in [9.17, 15) is 0 Å². The van der Waals surface area contributed by atoms with Crippen LogP contribution in [0, 0.1) is 5.92 Å². The fraction of sp³-hybridized carbons (Fsp3) is 0.667. The molecule has 0 aliphatic heterocycles. The Kier molecular flexibility index (Phi) is 4.42. The molecule has 0 amide bonds. The zero-order valence-electron chi connectivity index (χ0n) is 11.9. The largest absolute Gasteiger partial charge is 0.398 e. The molecule has 1 heterocycles. The van der Waals surface area contributed by atoms with Crippen LogP contribution in [0.15, 0.2) is 18.5 Å². The van der Waals surface area contributed by atoms with Crippen molar-refractivity contribution >= 4 is 5.69 Å². The van der Waals surface area contributed by atoms with E-state index < -0.39 is 0 Å². The fourth-order valence-corrected chi connectivity index (χ4v) is 3.01. The van der Waals surface area contributed by atoms with Crippen LogP contribution >= 0.6 is 0 Å². The highest BCUT2D eigenvalue weighted by Gasteiger charge is 2.39. The average molecular weight is 263 g/mol. The molecule has 1 aromatic heterocycles. The van der Waals surface area contributed by atoms with Crippen molar-refractivity contribution < 1.29 is 4.74 Å². The number of nitrogens with two attached hydrogens (primary N) is 2. The lowest BCUT2D eigenvalue weighted by molar-refractivity contribution is -0.0659. The van der Waals surface area contributed by atoms with Gasteiger partial charge in [-0.15, -0.1) is 0 Å². The van der Waals surface area contributed by atoms with Gasteiger partial charge >= 0.3 is 0 Å². The van der Waals surface area contributed by atoms with Gasteiger partial charge in [0, 0.05) is 31.2 Å². The smallest absolute Gasteiger partial charge is 0.0832 e. The Bertz CT molecular complexity index is 414. The molecular weight excluding hydrogens is 238 g/mol. The molecule has 0 saturated heterocycles. The average Bonchev–Trinajstić information content (AvgIpc) is 2.42. The maximum absolute atomic E-state index is 6.43. The zero-order chi connectivity index (χ0) is 13.9. The number of hydrogen-bond donors (Lipinski definition) is 2. The fourth-order valence-electron chi connectivity index (χ4n) is 3.01. The van der Waals surface area contributed by atoms with Gasteiger partial charge in [-0.3, -0.25) is 4.98 Å². The van der Waals surface area contributed by atoms with Crippen molar-refractivity contribution in [2.24, 2.45) is 11.7 Å². The Morgan fingerprint density at radius 3 is 2.74 bits per heavy atom. The zero-order valence-corrected chi connectivity index (χ0v) is 11.9. The second-order valence-corrected chi connectivity index (χ2v) is 5.84. The third-order valence-electron chi connectivity index (χ3n) is 4.58. The van der Waals surface area contributed by atoms with Gasteiger partial charge in [-0.05, 0) is 49.7 Å². The number of hydrogen-bond acceptors (Lipinski definition) is 4. The second-order valence-electron chi connectivity index (χ2n) is 5.84. The molecule has 106 valence electrons. The highest BCUT2D eigenvalue weighted by atomic mass is 16.5. The van der Waals surface area contributed by atoms with E-state index in [-0.39, 0.29) is 11.6 Å². The van der Waals surface area contributed by atoms with Crippen molar-refractivity contribution in [2.45, 2.75) is 50.7 Å². The van der Waals surface area contributed by atoms with Crippen LogP contribution in [-0.4, -0.2) is 23.7 Å². The maximum Gasteiger partial charge on any atom is 0.0832 e. The summed E-state index contributed by atoms with van der Waals surface area (Å²) in [5.41, 5.74) is 14.0. The third kappa shape index (κ3) is 3.07. The summed E-state index contributed by atoms with van der Waals surface area (Å²) in [4.78, 5) is 4.13. The summed E-state index contributed by atoms with van der Waals surface area (Å²) in [6.45, 7) is 2.30. The summed E-state index contributed by atoms with van der Waals surface area (Å²) in [6.07, 6.45) is 8.68. The van der Waals surface area contributed by atoms with E-state index >= 15 is 0 Å². The molecule has 2 rings (SSSR count). The van der Waals surface area contributed by atoms with Gasteiger partial charge in [0.05, 0.1) is 5.60 Å². The number of ether oxygens (including phenoxy) is 1. The van der Waals surface area contributed by atoms with Crippen LogP contribution in [0.4, 0.5) is 5.69 Å². The number of nitrogens with zero attached hydrogens (tertiary/aromatic N) is 1. The first-order valence-electron chi connectivity index (χ1n) is 7.06. The minimum absolute atomic E-state index is 0.0310. The van der Waals surface area contributed by atoms with Crippen LogP contribution in [0.2, 0.25) is 0 Å². The molecule has 0 radical (unpaired) electrons. The standard InChI is InChI=1S/C15H25N3O/c1-11-3-6-15(19-2,7-4-11)14(17)9-12-10-18-8-5-13(12)16/h5,8,10-11,14H,3-4,6-7,9,17H2,1-2H3,(H2,16,18). The van der Waals surface area contributed by atoms with Gasteiger partial charge in [-0.1, -0.05) is 6.92 Å². The van der Waals surface area contributed by atoms with Crippen molar-refractivity contribution in [1.29, 1.82) is 0 Å². The van der Waals surface area contributed by atoms with E-state index in [0.717, 1.165) is 36.4 Å². The van der Waals surface area contributed by atoms with E-state index in [4.69, 9.17) is 16.2 Å². The van der Waals surface area contributed by atoms with Crippen molar-refractivity contribution in [3.63, 3.8) is 0 Å². The minimum Gasteiger partial charge on any atom is -0.398 e. The van der Waals surface area contributed by atoms with Gasteiger partial charge < -0.3 is 16.2 Å². The highest BCUT2D eigenvalue weighted by molar-refractivity contribution is 5.44. The molecule has 0 spiro atoms. The topological polar surface area (TPSA) is 74.2 Å². The van der Waals surface area contributed by atoms with Gasteiger partial charge in [0.1, 0.15) is 0 Å². The molecule has 1 aliphatic rings. The summed E-state index contributed by atoms with van der Waals surface area (Å²) in [5.74, 6) is 0.777. The monoisotopic (exact) mass is 263 g/mol. The molecule has 19 heavy (non-hydrogen) atoms. The Balaban J connectivity index is 2.09. The predicted octanol–water partition coefficient (Wildman–Crippen LogP) is 2.13. The number of aromatic nitrogens is 1.